The molecule has 0 aliphatic carbocycles. The summed E-state index contributed by atoms with van der Waals surface area (Å²) in [5, 5.41) is 0. The molecule has 0 aliphatic heterocycles. The minimum atomic E-state index is -4.38. The molecular formula is C59H116NO8P. The van der Waals surface area contributed by atoms with Gasteiger partial charge in [-0.05, 0) is 32.1 Å². The Morgan fingerprint density at radius 2 is 0.725 bits per heavy atom. The van der Waals surface area contributed by atoms with Crippen molar-refractivity contribution in [3.63, 3.8) is 0 Å². The van der Waals surface area contributed by atoms with Gasteiger partial charge in [-0.3, -0.25) is 18.6 Å². The monoisotopic (exact) mass is 998 g/mol. The molecule has 410 valence electrons. The van der Waals surface area contributed by atoms with Crippen LogP contribution in [0.3, 0.4) is 0 Å². The molecule has 10 heteroatoms. The van der Waals surface area contributed by atoms with Gasteiger partial charge in [-0.1, -0.05) is 289 Å². The second-order valence-corrected chi connectivity index (χ2v) is 22.0. The van der Waals surface area contributed by atoms with Crippen molar-refractivity contribution >= 4 is 19.8 Å². The highest BCUT2D eigenvalue weighted by molar-refractivity contribution is 7.47. The van der Waals surface area contributed by atoms with Crippen LogP contribution in [0.2, 0.25) is 0 Å². The van der Waals surface area contributed by atoms with E-state index in [1.165, 1.54) is 231 Å². The number of phosphoric acid groups is 1. The average molecular weight is 999 g/mol. The summed E-state index contributed by atoms with van der Waals surface area (Å²) in [6.07, 6.45) is 64.7. The zero-order valence-corrected chi connectivity index (χ0v) is 46.7. The van der Waals surface area contributed by atoms with Gasteiger partial charge in [0.05, 0.1) is 13.2 Å². The number of allylic oxidation sites excluding steroid dienone is 2. The van der Waals surface area contributed by atoms with Gasteiger partial charge in [0.2, 0.25) is 0 Å². The number of unbranched alkanes of at least 4 members (excludes halogenated alkanes) is 43. The third-order valence-corrected chi connectivity index (χ3v) is 14.6. The van der Waals surface area contributed by atoms with E-state index in [2.05, 4.69) is 26.0 Å². The van der Waals surface area contributed by atoms with Crippen LogP contribution in [-0.4, -0.2) is 49.3 Å². The SMILES string of the molecule is CCCC/C=C\CCCCCCCC(=O)OC(COC(=O)CCCCCCCCCCCCCCCCCCCCCCCCCCCCCCCCCCCCCCC)COP(=O)(O)OCCN. The predicted molar refractivity (Wildman–Crippen MR) is 294 cm³/mol. The molecule has 0 fully saturated rings. The van der Waals surface area contributed by atoms with Crippen molar-refractivity contribution in [2.24, 2.45) is 5.73 Å². The number of phosphoric ester groups is 1. The number of rotatable bonds is 58. The van der Waals surface area contributed by atoms with Crippen LogP contribution in [0.1, 0.15) is 322 Å². The van der Waals surface area contributed by atoms with Gasteiger partial charge in [-0.25, -0.2) is 4.57 Å². The van der Waals surface area contributed by atoms with Gasteiger partial charge in [0, 0.05) is 19.4 Å². The van der Waals surface area contributed by atoms with E-state index in [1.54, 1.807) is 0 Å². The highest BCUT2D eigenvalue weighted by Gasteiger charge is 2.26. The maximum atomic E-state index is 12.6. The summed E-state index contributed by atoms with van der Waals surface area (Å²) in [6, 6.07) is 0. The molecule has 0 saturated heterocycles. The van der Waals surface area contributed by atoms with Crippen LogP contribution in [0.25, 0.3) is 0 Å². The van der Waals surface area contributed by atoms with Crippen molar-refractivity contribution < 1.29 is 37.6 Å². The topological polar surface area (TPSA) is 134 Å². The van der Waals surface area contributed by atoms with Crippen LogP contribution in [0.5, 0.6) is 0 Å². The molecule has 0 rings (SSSR count). The van der Waals surface area contributed by atoms with Gasteiger partial charge in [-0.2, -0.15) is 0 Å². The molecule has 0 saturated carbocycles. The Labute approximate surface area is 428 Å². The average Bonchev–Trinajstić information content (AvgIpc) is 3.34. The van der Waals surface area contributed by atoms with Crippen molar-refractivity contribution in [3.8, 4) is 0 Å². The van der Waals surface area contributed by atoms with Crippen molar-refractivity contribution in [1.82, 2.24) is 0 Å². The highest BCUT2D eigenvalue weighted by Crippen LogP contribution is 2.43. The Morgan fingerprint density at radius 1 is 0.420 bits per heavy atom. The number of carbonyl (C=O) groups excluding carboxylic acids is 2. The Kier molecular flexibility index (Phi) is 55.0. The fourth-order valence-corrected chi connectivity index (χ4v) is 9.92. The zero-order chi connectivity index (χ0) is 50.2. The molecular weight excluding hydrogens is 882 g/mol. The molecule has 0 aromatic carbocycles. The molecule has 2 atom stereocenters. The molecule has 0 amide bonds. The van der Waals surface area contributed by atoms with Gasteiger partial charge in [0.1, 0.15) is 6.61 Å². The molecule has 69 heavy (non-hydrogen) atoms. The third kappa shape index (κ3) is 55.9. The standard InChI is InChI=1S/C59H116NO8P/c1-3-5-7-9-11-13-15-16-17-18-19-20-21-22-23-24-25-26-27-28-29-30-31-32-33-34-35-36-37-38-39-40-42-43-45-47-49-51-58(61)65-55-57(56-67-69(63,64)66-54-53-60)68-59(62)52-50-48-46-44-41-14-12-10-8-6-4-2/h10,12,57H,3-9,11,13-56,60H2,1-2H3,(H,63,64)/b12-10-. The van der Waals surface area contributed by atoms with Gasteiger partial charge < -0.3 is 20.1 Å². The number of carbonyl (C=O) groups is 2. The maximum Gasteiger partial charge on any atom is 0.472 e. The van der Waals surface area contributed by atoms with E-state index in [0.29, 0.717) is 6.42 Å². The van der Waals surface area contributed by atoms with E-state index in [0.717, 1.165) is 57.8 Å². The summed E-state index contributed by atoms with van der Waals surface area (Å²) < 4.78 is 32.9. The van der Waals surface area contributed by atoms with Crippen LogP contribution in [0, 0.1) is 0 Å². The number of hydrogen-bond acceptors (Lipinski definition) is 8. The summed E-state index contributed by atoms with van der Waals surface area (Å²) in [7, 11) is -4.38. The largest absolute Gasteiger partial charge is 0.472 e. The van der Waals surface area contributed by atoms with Gasteiger partial charge in [-0.15, -0.1) is 0 Å². The van der Waals surface area contributed by atoms with E-state index in [-0.39, 0.29) is 38.6 Å². The van der Waals surface area contributed by atoms with Crippen LogP contribution in [0.15, 0.2) is 12.2 Å². The van der Waals surface area contributed by atoms with E-state index in [1.807, 2.05) is 0 Å². The molecule has 0 aromatic heterocycles. The summed E-state index contributed by atoms with van der Waals surface area (Å²) >= 11 is 0. The van der Waals surface area contributed by atoms with Gasteiger partial charge in [0.15, 0.2) is 6.10 Å². The maximum absolute atomic E-state index is 12.6. The molecule has 3 N–H and O–H groups in total. The Hall–Kier alpha value is -1.25. The molecule has 0 aromatic rings. The molecule has 9 nitrogen and oxygen atoms in total. The molecule has 0 bridgehead atoms. The molecule has 0 spiro atoms. The Morgan fingerprint density at radius 3 is 1.07 bits per heavy atom. The second kappa shape index (κ2) is 56.1. The number of hydrogen-bond donors (Lipinski definition) is 2. The highest BCUT2D eigenvalue weighted by atomic mass is 31.2. The first-order valence-electron chi connectivity index (χ1n) is 30.2. The van der Waals surface area contributed by atoms with E-state index in [9.17, 15) is 19.0 Å². The lowest BCUT2D eigenvalue weighted by molar-refractivity contribution is -0.161. The summed E-state index contributed by atoms with van der Waals surface area (Å²) in [6.45, 7) is 3.74. The molecule has 0 heterocycles. The number of ether oxygens (including phenoxy) is 2. The van der Waals surface area contributed by atoms with Crippen LogP contribution >= 0.6 is 7.82 Å². The minimum Gasteiger partial charge on any atom is -0.462 e. The summed E-state index contributed by atoms with van der Waals surface area (Å²) in [5.74, 6) is -0.824. The lowest BCUT2D eigenvalue weighted by atomic mass is 10.0. The predicted octanol–water partition coefficient (Wildman–Crippen LogP) is 18.9. The molecule has 0 aliphatic rings. The lowest BCUT2D eigenvalue weighted by Gasteiger charge is -2.19. The van der Waals surface area contributed by atoms with Crippen molar-refractivity contribution in [2.45, 2.75) is 328 Å². The smallest absolute Gasteiger partial charge is 0.462 e. The quantitative estimate of drug-likeness (QED) is 0.0264. The molecule has 0 radical (unpaired) electrons. The van der Waals surface area contributed by atoms with Gasteiger partial charge in [0.25, 0.3) is 0 Å². The zero-order valence-electron chi connectivity index (χ0n) is 45.8. The molecule has 2 unspecified atom stereocenters. The fourth-order valence-electron chi connectivity index (χ4n) is 9.15. The van der Waals surface area contributed by atoms with Crippen LogP contribution in [0.4, 0.5) is 0 Å². The first-order chi connectivity index (χ1) is 33.8. The van der Waals surface area contributed by atoms with Crippen LogP contribution in [-0.2, 0) is 32.7 Å². The number of esters is 2. The third-order valence-electron chi connectivity index (χ3n) is 13.7. The first-order valence-corrected chi connectivity index (χ1v) is 31.7. The van der Waals surface area contributed by atoms with E-state index in [4.69, 9.17) is 24.3 Å². The van der Waals surface area contributed by atoms with E-state index < -0.39 is 26.5 Å². The van der Waals surface area contributed by atoms with Crippen molar-refractivity contribution in [3.05, 3.63) is 12.2 Å². The Bertz CT molecular complexity index is 1140. The number of nitrogens with two attached hydrogens (primary N) is 1. The summed E-state index contributed by atoms with van der Waals surface area (Å²) in [4.78, 5) is 35.0. The minimum absolute atomic E-state index is 0.0549. The second-order valence-electron chi connectivity index (χ2n) is 20.6. The van der Waals surface area contributed by atoms with E-state index >= 15 is 0 Å². The lowest BCUT2D eigenvalue weighted by Crippen LogP contribution is -2.29. The van der Waals surface area contributed by atoms with Crippen molar-refractivity contribution in [1.29, 1.82) is 0 Å². The van der Waals surface area contributed by atoms with Crippen LogP contribution < -0.4 is 5.73 Å². The summed E-state index contributed by atoms with van der Waals surface area (Å²) in [5.41, 5.74) is 5.36. The van der Waals surface area contributed by atoms with Crippen molar-refractivity contribution in [2.75, 3.05) is 26.4 Å². The fraction of sp³-hybridized carbons (Fsp3) is 0.932. The Balaban J connectivity index is 3.67. The first kappa shape index (κ1) is 67.8. The van der Waals surface area contributed by atoms with Gasteiger partial charge >= 0.3 is 19.8 Å². The normalized spacial score (nSPS) is 13.0.